The molecule has 0 bridgehead atoms. The van der Waals surface area contributed by atoms with E-state index in [2.05, 4.69) is 27.3 Å². The van der Waals surface area contributed by atoms with Crippen LogP contribution in [0.1, 0.15) is 10.4 Å². The number of halogens is 1. The highest BCUT2D eigenvalue weighted by atomic mass is 79.9. The molecule has 1 heterocycles. The quantitative estimate of drug-likeness (QED) is 0.864. The summed E-state index contributed by atoms with van der Waals surface area (Å²) in [5, 5.41) is 5.84. The second kappa shape index (κ2) is 7.07. The number of nitrogens with one attached hydrogen (secondary N) is 1. The summed E-state index contributed by atoms with van der Waals surface area (Å²) in [4.78, 5) is 12.3. The first kappa shape index (κ1) is 15.3. The second-order valence-electron chi connectivity index (χ2n) is 4.98. The van der Waals surface area contributed by atoms with Crippen LogP contribution in [0.5, 0.6) is 0 Å². The van der Waals surface area contributed by atoms with Gasteiger partial charge in [0.2, 0.25) is 0 Å². The summed E-state index contributed by atoms with van der Waals surface area (Å²) in [6, 6.07) is 11.9. The number of carbonyl (C=O) groups is 1. The van der Waals surface area contributed by atoms with Gasteiger partial charge in [-0.3, -0.25) is 4.79 Å². The molecule has 0 saturated carbocycles. The van der Waals surface area contributed by atoms with Crippen LogP contribution in [0.3, 0.4) is 0 Å². The first-order chi connectivity index (χ1) is 10.2. The summed E-state index contributed by atoms with van der Waals surface area (Å²) < 4.78 is 1.05. The fourth-order valence-electron chi connectivity index (χ4n) is 2.32. The van der Waals surface area contributed by atoms with Crippen LogP contribution in [0.15, 0.2) is 40.9 Å². The van der Waals surface area contributed by atoms with E-state index >= 15 is 0 Å². The van der Waals surface area contributed by atoms with Crippen molar-refractivity contribution in [2.75, 3.05) is 23.8 Å². The number of hydrogen-bond acceptors (Lipinski definition) is 3. The van der Waals surface area contributed by atoms with E-state index in [4.69, 9.17) is 0 Å². The van der Waals surface area contributed by atoms with Gasteiger partial charge in [0.15, 0.2) is 0 Å². The summed E-state index contributed by atoms with van der Waals surface area (Å²) >= 11 is 7.41. The third kappa shape index (κ3) is 3.96. The second-order valence-corrected chi connectivity index (χ2v) is 8.46. The molecule has 0 aromatic heterocycles. The maximum Gasteiger partial charge on any atom is 0.251 e. The minimum atomic E-state index is 0.0241. The third-order valence-electron chi connectivity index (χ3n) is 3.44. The lowest BCUT2D eigenvalue weighted by molar-refractivity contribution is 0.0954. The average molecular weight is 382 g/mol. The highest BCUT2D eigenvalue weighted by molar-refractivity contribution is 9.10. The van der Waals surface area contributed by atoms with Crippen molar-refractivity contribution in [3.05, 3.63) is 46.4 Å². The number of fused-ring (bicyclic) bond motifs is 1. The molecule has 1 aliphatic heterocycles. The third-order valence-corrected chi connectivity index (χ3v) is 6.78. The van der Waals surface area contributed by atoms with Gasteiger partial charge in [0.05, 0.1) is 0 Å². The molecular weight excluding hydrogens is 366 g/mol. The molecule has 0 aliphatic carbocycles. The number of benzene rings is 2. The van der Waals surface area contributed by atoms with Crippen LogP contribution in [0.2, 0.25) is 0 Å². The number of hydrogen-bond donors (Lipinski definition) is 1. The Morgan fingerprint density at radius 2 is 2.00 bits per heavy atom. The van der Waals surface area contributed by atoms with Gasteiger partial charge in [-0.25, -0.2) is 0 Å². The predicted molar refractivity (Wildman–Crippen MR) is 97.6 cm³/mol. The van der Waals surface area contributed by atoms with E-state index in [0.717, 1.165) is 33.1 Å². The molecule has 2 nitrogen and oxygen atoms in total. The van der Waals surface area contributed by atoms with Gasteiger partial charge in [-0.2, -0.15) is 23.5 Å². The van der Waals surface area contributed by atoms with E-state index in [1.807, 2.05) is 53.9 Å². The smallest absolute Gasteiger partial charge is 0.251 e. The molecule has 1 fully saturated rings. The minimum absolute atomic E-state index is 0.0241. The summed E-state index contributed by atoms with van der Waals surface area (Å²) in [6.07, 6.45) is 0. The zero-order valence-electron chi connectivity index (χ0n) is 11.5. The molecule has 1 atom stereocenters. The Hall–Kier alpha value is -0.650. The van der Waals surface area contributed by atoms with Gasteiger partial charge < -0.3 is 5.32 Å². The van der Waals surface area contributed by atoms with Crippen molar-refractivity contribution in [1.29, 1.82) is 0 Å². The van der Waals surface area contributed by atoms with Gasteiger partial charge in [-0.1, -0.05) is 28.1 Å². The van der Waals surface area contributed by atoms with Crippen molar-refractivity contribution in [2.45, 2.75) is 5.25 Å². The molecule has 1 aliphatic rings. The van der Waals surface area contributed by atoms with Crippen LogP contribution in [0.4, 0.5) is 0 Å². The van der Waals surface area contributed by atoms with E-state index in [1.54, 1.807) is 0 Å². The van der Waals surface area contributed by atoms with Crippen molar-refractivity contribution in [1.82, 2.24) is 5.32 Å². The number of amides is 1. The maximum atomic E-state index is 12.3. The number of rotatable bonds is 3. The Balaban J connectivity index is 1.67. The van der Waals surface area contributed by atoms with Crippen LogP contribution >= 0.6 is 39.5 Å². The van der Waals surface area contributed by atoms with Gasteiger partial charge in [0.25, 0.3) is 5.91 Å². The Kier molecular flexibility index (Phi) is 5.14. The minimum Gasteiger partial charge on any atom is -0.351 e. The number of thioether (sulfide) groups is 2. The monoisotopic (exact) mass is 381 g/mol. The summed E-state index contributed by atoms with van der Waals surface area (Å²) in [7, 11) is 0. The van der Waals surface area contributed by atoms with Gasteiger partial charge in [0, 0.05) is 39.1 Å². The van der Waals surface area contributed by atoms with E-state index in [9.17, 15) is 4.79 Å². The molecule has 110 valence electrons. The van der Waals surface area contributed by atoms with Gasteiger partial charge in [-0.15, -0.1) is 0 Å². The molecule has 1 amide bonds. The normalized spacial score (nSPS) is 18.6. The molecule has 2 aromatic rings. The van der Waals surface area contributed by atoms with Crippen molar-refractivity contribution >= 4 is 56.1 Å². The van der Waals surface area contributed by atoms with Gasteiger partial charge in [-0.05, 0) is 35.0 Å². The Morgan fingerprint density at radius 1 is 1.19 bits per heavy atom. The standard InChI is InChI=1S/C16H16BrNOS2/c17-14-4-3-11-7-13(2-1-12(11)8-14)16(19)18-9-15-10-20-5-6-21-15/h1-4,7-8,15H,5-6,9-10H2,(H,18,19). The van der Waals surface area contributed by atoms with E-state index in [-0.39, 0.29) is 5.91 Å². The molecule has 1 unspecified atom stereocenters. The average Bonchev–Trinajstić information content (AvgIpc) is 2.53. The molecule has 21 heavy (non-hydrogen) atoms. The van der Waals surface area contributed by atoms with Gasteiger partial charge in [0.1, 0.15) is 0 Å². The highest BCUT2D eigenvalue weighted by Crippen LogP contribution is 2.24. The summed E-state index contributed by atoms with van der Waals surface area (Å²) in [5.41, 5.74) is 0.735. The first-order valence-electron chi connectivity index (χ1n) is 6.89. The zero-order valence-corrected chi connectivity index (χ0v) is 14.7. The highest BCUT2D eigenvalue weighted by Gasteiger charge is 2.15. The maximum absolute atomic E-state index is 12.3. The van der Waals surface area contributed by atoms with Crippen molar-refractivity contribution in [3.8, 4) is 0 Å². The van der Waals surface area contributed by atoms with Gasteiger partial charge >= 0.3 is 0 Å². The molecule has 5 heteroatoms. The largest absolute Gasteiger partial charge is 0.351 e. The Morgan fingerprint density at radius 3 is 2.81 bits per heavy atom. The fraction of sp³-hybridized carbons (Fsp3) is 0.312. The van der Waals surface area contributed by atoms with Crippen molar-refractivity contribution < 1.29 is 4.79 Å². The first-order valence-corrected chi connectivity index (χ1v) is 9.89. The van der Waals surface area contributed by atoms with Crippen molar-refractivity contribution in [3.63, 3.8) is 0 Å². The molecule has 2 aromatic carbocycles. The van der Waals surface area contributed by atoms with Crippen LogP contribution in [-0.2, 0) is 0 Å². The predicted octanol–water partition coefficient (Wildman–Crippen LogP) is 4.18. The lowest BCUT2D eigenvalue weighted by Crippen LogP contribution is -2.33. The lowest BCUT2D eigenvalue weighted by atomic mass is 10.1. The summed E-state index contributed by atoms with van der Waals surface area (Å²) in [6.45, 7) is 0.759. The molecule has 1 N–H and O–H groups in total. The molecular formula is C16H16BrNOS2. The fourth-order valence-corrected chi connectivity index (χ4v) is 5.31. The van der Waals surface area contributed by atoms with Crippen LogP contribution in [0.25, 0.3) is 10.8 Å². The van der Waals surface area contributed by atoms with Crippen LogP contribution < -0.4 is 5.32 Å². The van der Waals surface area contributed by atoms with E-state index in [1.165, 1.54) is 11.5 Å². The molecule has 3 rings (SSSR count). The zero-order chi connectivity index (χ0) is 14.7. The van der Waals surface area contributed by atoms with Crippen LogP contribution in [-0.4, -0.2) is 35.0 Å². The Labute approximate surface area is 141 Å². The van der Waals surface area contributed by atoms with E-state index < -0.39 is 0 Å². The molecule has 0 radical (unpaired) electrons. The number of carbonyl (C=O) groups excluding carboxylic acids is 1. The van der Waals surface area contributed by atoms with E-state index in [0.29, 0.717) is 5.25 Å². The van der Waals surface area contributed by atoms with Crippen molar-refractivity contribution in [2.24, 2.45) is 0 Å². The Bertz CT molecular complexity index is 656. The SMILES string of the molecule is O=C(NCC1CSCCS1)c1ccc2cc(Br)ccc2c1. The topological polar surface area (TPSA) is 29.1 Å². The lowest BCUT2D eigenvalue weighted by Gasteiger charge is -2.21. The molecule has 1 saturated heterocycles. The summed E-state index contributed by atoms with van der Waals surface area (Å²) in [5.74, 6) is 3.58. The molecule has 0 spiro atoms. The van der Waals surface area contributed by atoms with Crippen LogP contribution in [0, 0.1) is 0 Å².